The minimum Gasteiger partial charge on any atom is -0.340 e. The predicted octanol–water partition coefficient (Wildman–Crippen LogP) is 2.06. The van der Waals surface area contributed by atoms with Gasteiger partial charge in [-0.25, -0.2) is 8.42 Å². The summed E-state index contributed by atoms with van der Waals surface area (Å²) in [5.74, 6) is -0.285. The number of carbonyl (C=O) groups excluding carboxylic acids is 3. The Hall–Kier alpha value is -3.24. The van der Waals surface area contributed by atoms with E-state index in [4.69, 9.17) is 0 Å². The molecule has 35 heavy (non-hydrogen) atoms. The molecule has 2 aliphatic heterocycles. The number of piperazine rings is 1. The van der Waals surface area contributed by atoms with Crippen LogP contribution in [0.15, 0.2) is 59.5 Å². The Labute approximate surface area is 205 Å². The molecule has 2 aromatic carbocycles. The first-order valence-electron chi connectivity index (χ1n) is 11.8. The molecule has 0 unspecified atom stereocenters. The largest absolute Gasteiger partial charge is 0.340 e. The van der Waals surface area contributed by atoms with Gasteiger partial charge in [-0.1, -0.05) is 30.3 Å². The van der Waals surface area contributed by atoms with Crippen molar-refractivity contribution < 1.29 is 22.8 Å². The van der Waals surface area contributed by atoms with E-state index in [9.17, 15) is 22.8 Å². The maximum atomic E-state index is 12.7. The third-order valence-corrected chi connectivity index (χ3v) is 8.21. The van der Waals surface area contributed by atoms with Crippen LogP contribution in [-0.2, 0) is 31.0 Å². The number of benzene rings is 2. The normalized spacial score (nSPS) is 17.0. The molecule has 1 N–H and O–H groups in total. The number of amides is 3. The van der Waals surface area contributed by atoms with E-state index in [0.717, 1.165) is 18.5 Å². The molecule has 0 bridgehead atoms. The fourth-order valence-corrected chi connectivity index (χ4v) is 5.80. The maximum absolute atomic E-state index is 12.7. The average molecular weight is 499 g/mol. The zero-order chi connectivity index (χ0) is 24.8. The summed E-state index contributed by atoms with van der Waals surface area (Å²) in [4.78, 5) is 40.5. The van der Waals surface area contributed by atoms with Crippen molar-refractivity contribution in [2.24, 2.45) is 0 Å². The smallest absolute Gasteiger partial charge is 0.243 e. The fourth-order valence-electron chi connectivity index (χ4n) is 4.36. The molecule has 2 saturated heterocycles. The summed E-state index contributed by atoms with van der Waals surface area (Å²) in [5.41, 5.74) is 1.57. The van der Waals surface area contributed by atoms with Crippen LogP contribution in [-0.4, -0.2) is 73.0 Å². The van der Waals surface area contributed by atoms with Crippen LogP contribution in [0.2, 0.25) is 0 Å². The molecule has 0 atom stereocenters. The molecule has 10 heteroatoms. The predicted molar refractivity (Wildman–Crippen MR) is 131 cm³/mol. The van der Waals surface area contributed by atoms with Crippen molar-refractivity contribution in [2.75, 3.05) is 38.0 Å². The summed E-state index contributed by atoms with van der Waals surface area (Å²) < 4.78 is 26.9. The van der Waals surface area contributed by atoms with E-state index in [1.54, 1.807) is 41.3 Å². The summed E-state index contributed by atoms with van der Waals surface area (Å²) in [5, 5.41) is 2.82. The number of sulfonamides is 1. The lowest BCUT2D eigenvalue weighted by molar-refractivity contribution is -0.134. The van der Waals surface area contributed by atoms with Gasteiger partial charge in [-0.15, -0.1) is 0 Å². The molecule has 0 saturated carbocycles. The lowest BCUT2D eigenvalue weighted by atomic mass is 10.1. The van der Waals surface area contributed by atoms with Gasteiger partial charge >= 0.3 is 0 Å². The van der Waals surface area contributed by atoms with Crippen molar-refractivity contribution in [3.63, 3.8) is 0 Å². The molecule has 4 rings (SSSR count). The molecular formula is C25H30N4O5S. The topological polar surface area (TPSA) is 107 Å². The second-order valence-corrected chi connectivity index (χ2v) is 10.7. The van der Waals surface area contributed by atoms with E-state index >= 15 is 0 Å². The van der Waals surface area contributed by atoms with Gasteiger partial charge in [0, 0.05) is 64.2 Å². The van der Waals surface area contributed by atoms with Crippen molar-refractivity contribution in [1.29, 1.82) is 0 Å². The number of likely N-dealkylation sites (tertiary alicyclic amines) is 1. The molecule has 0 radical (unpaired) electrons. The van der Waals surface area contributed by atoms with Crippen molar-refractivity contribution in [3.05, 3.63) is 60.2 Å². The Morgan fingerprint density at radius 2 is 1.63 bits per heavy atom. The third-order valence-electron chi connectivity index (χ3n) is 6.29. The quantitative estimate of drug-likeness (QED) is 0.600. The Morgan fingerprint density at radius 3 is 2.31 bits per heavy atom. The first-order valence-corrected chi connectivity index (χ1v) is 13.3. The summed E-state index contributed by atoms with van der Waals surface area (Å²) in [6.07, 6.45) is 1.55. The lowest BCUT2D eigenvalue weighted by Crippen LogP contribution is -2.50. The second kappa shape index (κ2) is 11.0. The van der Waals surface area contributed by atoms with Gasteiger partial charge in [-0.2, -0.15) is 4.31 Å². The Balaban J connectivity index is 1.22. The van der Waals surface area contributed by atoms with E-state index in [-0.39, 0.29) is 48.5 Å². The molecule has 186 valence electrons. The van der Waals surface area contributed by atoms with Gasteiger partial charge in [0.2, 0.25) is 27.7 Å². The highest BCUT2D eigenvalue weighted by atomic mass is 32.2. The molecule has 0 aromatic heterocycles. The van der Waals surface area contributed by atoms with E-state index in [1.807, 2.05) is 23.1 Å². The van der Waals surface area contributed by atoms with E-state index in [1.165, 1.54) is 4.31 Å². The van der Waals surface area contributed by atoms with Crippen molar-refractivity contribution in [2.45, 2.75) is 37.1 Å². The number of hydrogen-bond acceptors (Lipinski definition) is 5. The Morgan fingerprint density at radius 1 is 0.886 bits per heavy atom. The first kappa shape index (κ1) is 24.9. The molecule has 2 fully saturated rings. The second-order valence-electron chi connectivity index (χ2n) is 8.77. The van der Waals surface area contributed by atoms with E-state index in [0.29, 0.717) is 31.7 Å². The van der Waals surface area contributed by atoms with E-state index < -0.39 is 10.0 Å². The molecule has 0 spiro atoms. The number of carbonyl (C=O) groups is 3. The van der Waals surface area contributed by atoms with Gasteiger partial charge in [0.25, 0.3) is 0 Å². The van der Waals surface area contributed by atoms with Gasteiger partial charge in [-0.05, 0) is 36.2 Å². The first-order chi connectivity index (χ1) is 16.8. The van der Waals surface area contributed by atoms with Crippen LogP contribution < -0.4 is 5.32 Å². The Bertz CT molecular complexity index is 1180. The highest BCUT2D eigenvalue weighted by molar-refractivity contribution is 7.89. The SMILES string of the molecule is O=C(CCC(=O)N1CCN(S(=O)(=O)c2ccccc2)CC1)Nc1cccc(CN2CCCC2=O)c1. The zero-order valence-electron chi connectivity index (χ0n) is 19.6. The van der Waals surface area contributed by atoms with E-state index in [2.05, 4.69) is 5.32 Å². The van der Waals surface area contributed by atoms with Gasteiger partial charge < -0.3 is 15.1 Å². The van der Waals surface area contributed by atoms with Crippen LogP contribution >= 0.6 is 0 Å². The molecule has 2 heterocycles. The maximum Gasteiger partial charge on any atom is 0.243 e. The Kier molecular flexibility index (Phi) is 7.82. The highest BCUT2D eigenvalue weighted by Crippen LogP contribution is 2.19. The molecular weight excluding hydrogens is 468 g/mol. The number of nitrogens with one attached hydrogen (secondary N) is 1. The van der Waals surface area contributed by atoms with Crippen LogP contribution in [0.5, 0.6) is 0 Å². The van der Waals surface area contributed by atoms with Crippen LogP contribution in [0.1, 0.15) is 31.2 Å². The molecule has 0 aliphatic carbocycles. The molecule has 3 amide bonds. The monoisotopic (exact) mass is 498 g/mol. The average Bonchev–Trinajstić information content (AvgIpc) is 3.27. The fraction of sp³-hybridized carbons (Fsp3) is 0.400. The lowest BCUT2D eigenvalue weighted by Gasteiger charge is -2.34. The summed E-state index contributed by atoms with van der Waals surface area (Å²) in [7, 11) is -3.58. The summed E-state index contributed by atoms with van der Waals surface area (Å²) in [6.45, 7) is 2.31. The van der Waals surface area contributed by atoms with Gasteiger partial charge in [0.05, 0.1) is 4.90 Å². The highest BCUT2D eigenvalue weighted by Gasteiger charge is 2.30. The van der Waals surface area contributed by atoms with Crippen LogP contribution in [0.25, 0.3) is 0 Å². The summed E-state index contributed by atoms with van der Waals surface area (Å²) >= 11 is 0. The van der Waals surface area contributed by atoms with Crippen LogP contribution in [0.4, 0.5) is 5.69 Å². The van der Waals surface area contributed by atoms with Crippen molar-refractivity contribution in [1.82, 2.24) is 14.1 Å². The van der Waals surface area contributed by atoms with Crippen molar-refractivity contribution >= 4 is 33.4 Å². The number of nitrogens with zero attached hydrogens (tertiary/aromatic N) is 3. The van der Waals surface area contributed by atoms with Gasteiger partial charge in [0.1, 0.15) is 0 Å². The zero-order valence-corrected chi connectivity index (χ0v) is 20.4. The van der Waals surface area contributed by atoms with Crippen LogP contribution in [0.3, 0.4) is 0 Å². The van der Waals surface area contributed by atoms with Crippen LogP contribution in [0, 0.1) is 0 Å². The minimum absolute atomic E-state index is 0.0379. The molecule has 2 aliphatic rings. The van der Waals surface area contributed by atoms with Crippen molar-refractivity contribution in [3.8, 4) is 0 Å². The molecule has 2 aromatic rings. The minimum atomic E-state index is -3.58. The third kappa shape index (κ3) is 6.26. The number of hydrogen-bond donors (Lipinski definition) is 1. The van der Waals surface area contributed by atoms with Gasteiger partial charge in [-0.3, -0.25) is 14.4 Å². The summed E-state index contributed by atoms with van der Waals surface area (Å²) in [6, 6.07) is 15.6. The van der Waals surface area contributed by atoms with Gasteiger partial charge in [0.15, 0.2) is 0 Å². The number of anilines is 1. The number of rotatable bonds is 8. The molecule has 9 nitrogen and oxygen atoms in total. The standard InChI is InChI=1S/C25H30N4O5S/c30-23(26-21-7-4-6-20(18-21)19-28-13-5-10-24(28)31)11-12-25(32)27-14-16-29(17-15-27)35(33,34)22-8-2-1-3-9-22/h1-4,6-9,18H,5,10-17,19H2,(H,26,30).